The number of methoxy groups -OCH3 is 2. The van der Waals surface area contributed by atoms with Gasteiger partial charge in [0.25, 0.3) is 0 Å². The number of hydrogen-bond acceptors (Lipinski definition) is 4. The molecule has 1 aliphatic rings. The maximum absolute atomic E-state index is 12.7. The normalized spacial score (nSPS) is 17.5. The third-order valence-corrected chi connectivity index (χ3v) is 4.95. The number of carbonyl (C=O) groups is 2. The Labute approximate surface area is 159 Å². The lowest BCUT2D eigenvalue weighted by atomic mass is 10.1. The Morgan fingerprint density at radius 3 is 2.56 bits per heavy atom. The van der Waals surface area contributed by atoms with Crippen LogP contribution in [0.4, 0.5) is 5.69 Å². The summed E-state index contributed by atoms with van der Waals surface area (Å²) >= 11 is 0. The molecule has 0 aliphatic carbocycles. The minimum Gasteiger partial charge on any atom is -0.497 e. The van der Waals surface area contributed by atoms with Crippen LogP contribution in [0.1, 0.15) is 24.9 Å². The average Bonchev–Trinajstić information content (AvgIpc) is 3.10. The van der Waals surface area contributed by atoms with E-state index in [4.69, 9.17) is 9.47 Å². The molecule has 0 saturated carbocycles. The van der Waals surface area contributed by atoms with Crippen molar-refractivity contribution in [3.63, 3.8) is 0 Å². The zero-order valence-corrected chi connectivity index (χ0v) is 15.8. The lowest BCUT2D eigenvalue weighted by molar-refractivity contribution is -0.129. The molecule has 3 rings (SSSR count). The molecule has 0 bridgehead atoms. The van der Waals surface area contributed by atoms with Gasteiger partial charge in [-0.05, 0) is 24.6 Å². The van der Waals surface area contributed by atoms with Crippen LogP contribution in [0, 0.1) is 5.92 Å². The molecule has 0 aromatic heterocycles. The van der Waals surface area contributed by atoms with E-state index in [0.29, 0.717) is 23.7 Å². The van der Waals surface area contributed by atoms with Gasteiger partial charge in [0, 0.05) is 19.0 Å². The van der Waals surface area contributed by atoms with Gasteiger partial charge in [0.1, 0.15) is 11.5 Å². The fourth-order valence-electron chi connectivity index (χ4n) is 3.33. The summed E-state index contributed by atoms with van der Waals surface area (Å²) in [5.41, 5.74) is 1.62. The molecule has 1 fully saturated rings. The third-order valence-electron chi connectivity index (χ3n) is 4.95. The number of ether oxygens (including phenoxy) is 2. The van der Waals surface area contributed by atoms with Crippen molar-refractivity contribution in [1.29, 1.82) is 0 Å². The van der Waals surface area contributed by atoms with Crippen LogP contribution >= 0.6 is 0 Å². The van der Waals surface area contributed by atoms with Gasteiger partial charge in [-0.3, -0.25) is 9.59 Å². The smallest absolute Gasteiger partial charge is 0.229 e. The second-order valence-corrected chi connectivity index (χ2v) is 6.59. The van der Waals surface area contributed by atoms with Crippen LogP contribution in [0.25, 0.3) is 0 Å². The van der Waals surface area contributed by atoms with Crippen LogP contribution in [-0.2, 0) is 9.59 Å². The molecule has 1 aliphatic heterocycles. The Morgan fingerprint density at radius 1 is 1.15 bits per heavy atom. The lowest BCUT2D eigenvalue weighted by Gasteiger charge is -2.25. The molecule has 6 nitrogen and oxygen atoms in total. The number of amides is 2. The van der Waals surface area contributed by atoms with E-state index < -0.39 is 5.92 Å². The number of hydrogen-bond donors (Lipinski definition) is 1. The molecule has 2 atom stereocenters. The Morgan fingerprint density at radius 2 is 1.89 bits per heavy atom. The molecule has 1 N–H and O–H groups in total. The third kappa shape index (κ3) is 4.05. The fourth-order valence-corrected chi connectivity index (χ4v) is 3.33. The minimum atomic E-state index is -0.393. The van der Waals surface area contributed by atoms with Gasteiger partial charge in [-0.1, -0.05) is 30.3 Å². The Bertz CT molecular complexity index is 822. The number of nitrogens with one attached hydrogen (secondary N) is 1. The molecule has 2 aromatic carbocycles. The van der Waals surface area contributed by atoms with Gasteiger partial charge >= 0.3 is 0 Å². The fraction of sp³-hybridized carbons (Fsp3) is 0.333. The number of carbonyl (C=O) groups excluding carboxylic acids is 2. The summed E-state index contributed by atoms with van der Waals surface area (Å²) in [4.78, 5) is 26.9. The van der Waals surface area contributed by atoms with Gasteiger partial charge in [-0.2, -0.15) is 0 Å². The first-order valence-corrected chi connectivity index (χ1v) is 8.90. The van der Waals surface area contributed by atoms with E-state index in [-0.39, 0.29) is 24.3 Å². The predicted molar refractivity (Wildman–Crippen MR) is 103 cm³/mol. The van der Waals surface area contributed by atoms with Crippen molar-refractivity contribution < 1.29 is 19.1 Å². The molecule has 6 heteroatoms. The Hall–Kier alpha value is -3.02. The zero-order valence-electron chi connectivity index (χ0n) is 15.8. The van der Waals surface area contributed by atoms with Gasteiger partial charge in [-0.25, -0.2) is 0 Å². The van der Waals surface area contributed by atoms with Crippen LogP contribution < -0.4 is 14.8 Å². The van der Waals surface area contributed by atoms with E-state index in [2.05, 4.69) is 5.32 Å². The van der Waals surface area contributed by atoms with E-state index in [9.17, 15) is 9.59 Å². The maximum Gasteiger partial charge on any atom is 0.229 e. The van der Waals surface area contributed by atoms with E-state index in [1.54, 1.807) is 30.2 Å². The molecule has 1 heterocycles. The predicted octanol–water partition coefficient (Wildman–Crippen LogP) is 3.25. The molecule has 142 valence electrons. The van der Waals surface area contributed by atoms with Crippen LogP contribution in [0.15, 0.2) is 48.5 Å². The van der Waals surface area contributed by atoms with Crippen molar-refractivity contribution in [1.82, 2.24) is 4.90 Å². The summed E-state index contributed by atoms with van der Waals surface area (Å²) in [7, 11) is 3.10. The molecule has 0 spiro atoms. The van der Waals surface area contributed by atoms with Gasteiger partial charge in [0.2, 0.25) is 11.8 Å². The largest absolute Gasteiger partial charge is 0.497 e. The van der Waals surface area contributed by atoms with Crippen molar-refractivity contribution in [3.05, 3.63) is 54.1 Å². The highest BCUT2D eigenvalue weighted by molar-refractivity contribution is 5.98. The molecular weight excluding hydrogens is 344 g/mol. The zero-order chi connectivity index (χ0) is 19.4. The van der Waals surface area contributed by atoms with Crippen molar-refractivity contribution in [3.8, 4) is 11.5 Å². The first kappa shape index (κ1) is 18.8. The number of benzene rings is 2. The highest BCUT2D eigenvalue weighted by atomic mass is 16.5. The second-order valence-electron chi connectivity index (χ2n) is 6.59. The SMILES string of the molecule is COc1ccc(NC(=O)[C@H]2CC(=O)N([C@@H](C)c3ccccc3)C2)c(OC)c1. The lowest BCUT2D eigenvalue weighted by Crippen LogP contribution is -2.30. The first-order valence-electron chi connectivity index (χ1n) is 8.90. The number of rotatable bonds is 6. The van der Waals surface area contributed by atoms with Crippen LogP contribution in [0.3, 0.4) is 0 Å². The minimum absolute atomic E-state index is 0.00630. The molecular formula is C21H24N2O4. The quantitative estimate of drug-likeness (QED) is 0.850. The topological polar surface area (TPSA) is 67.9 Å². The summed E-state index contributed by atoms with van der Waals surface area (Å²) in [5.74, 6) is 0.573. The standard InChI is InChI=1S/C21H24N2O4/c1-14(15-7-5-4-6-8-15)23-13-16(11-20(23)24)21(25)22-18-10-9-17(26-2)12-19(18)27-3/h4-10,12,14,16H,11,13H2,1-3H3,(H,22,25)/t14-,16-/m0/s1. The van der Waals surface area contributed by atoms with Crippen LogP contribution in [0.2, 0.25) is 0 Å². The maximum atomic E-state index is 12.7. The van der Waals surface area contributed by atoms with E-state index in [0.717, 1.165) is 5.56 Å². The van der Waals surface area contributed by atoms with Gasteiger partial charge in [0.15, 0.2) is 0 Å². The van der Waals surface area contributed by atoms with Gasteiger partial charge < -0.3 is 19.7 Å². The Kier molecular flexibility index (Phi) is 5.64. The molecule has 2 aromatic rings. The van der Waals surface area contributed by atoms with E-state index >= 15 is 0 Å². The van der Waals surface area contributed by atoms with E-state index in [1.807, 2.05) is 37.3 Å². The van der Waals surface area contributed by atoms with Crippen LogP contribution in [0.5, 0.6) is 11.5 Å². The highest BCUT2D eigenvalue weighted by Crippen LogP contribution is 2.32. The summed E-state index contributed by atoms with van der Waals surface area (Å²) in [6.45, 7) is 2.39. The Balaban J connectivity index is 1.69. The molecule has 0 radical (unpaired) electrons. The number of nitrogens with zero attached hydrogens (tertiary/aromatic N) is 1. The average molecular weight is 368 g/mol. The van der Waals surface area contributed by atoms with Crippen molar-refractivity contribution in [2.75, 3.05) is 26.1 Å². The molecule has 0 unspecified atom stereocenters. The summed E-state index contributed by atoms with van der Waals surface area (Å²) in [5, 5.41) is 2.88. The summed E-state index contributed by atoms with van der Waals surface area (Å²) in [6, 6.07) is 15.0. The van der Waals surface area contributed by atoms with Crippen molar-refractivity contribution in [2.45, 2.75) is 19.4 Å². The van der Waals surface area contributed by atoms with Crippen LogP contribution in [-0.4, -0.2) is 37.5 Å². The van der Waals surface area contributed by atoms with Crippen molar-refractivity contribution >= 4 is 17.5 Å². The van der Waals surface area contributed by atoms with E-state index in [1.165, 1.54) is 7.11 Å². The molecule has 2 amide bonds. The number of anilines is 1. The van der Waals surface area contributed by atoms with Crippen molar-refractivity contribution in [2.24, 2.45) is 5.92 Å². The molecule has 1 saturated heterocycles. The highest BCUT2D eigenvalue weighted by Gasteiger charge is 2.37. The van der Waals surface area contributed by atoms with Gasteiger partial charge in [-0.15, -0.1) is 0 Å². The first-order chi connectivity index (χ1) is 13.0. The second kappa shape index (κ2) is 8.12. The monoisotopic (exact) mass is 368 g/mol. The number of likely N-dealkylation sites (tertiary alicyclic amines) is 1. The van der Waals surface area contributed by atoms with Gasteiger partial charge in [0.05, 0.1) is 31.9 Å². The molecule has 27 heavy (non-hydrogen) atoms. The summed E-state index contributed by atoms with van der Waals surface area (Å²) < 4.78 is 10.5. The summed E-state index contributed by atoms with van der Waals surface area (Å²) in [6.07, 6.45) is 0.210.